The van der Waals surface area contributed by atoms with Crippen molar-refractivity contribution < 1.29 is 12.5 Å². The third-order valence-electron chi connectivity index (χ3n) is 4.74. The van der Waals surface area contributed by atoms with Crippen LogP contribution in [0.5, 0.6) is 11.5 Å². The van der Waals surface area contributed by atoms with Crippen LogP contribution in [0.15, 0.2) is 69.2 Å². The van der Waals surface area contributed by atoms with Gasteiger partial charge in [-0.15, -0.1) is 0 Å². The third kappa shape index (κ3) is 3.24. The van der Waals surface area contributed by atoms with Crippen molar-refractivity contribution in [3.63, 3.8) is 0 Å². The summed E-state index contributed by atoms with van der Waals surface area (Å²) in [6, 6.07) is 15.8. The molecule has 0 amide bonds. The molecule has 1 aliphatic rings. The monoisotopic (exact) mass is 426 g/mol. The summed E-state index contributed by atoms with van der Waals surface area (Å²) >= 11 is 0.277. The second-order valence-electron chi connectivity index (χ2n) is 6.51. The van der Waals surface area contributed by atoms with Gasteiger partial charge in [0, 0.05) is 20.9 Å². The van der Waals surface area contributed by atoms with Crippen LogP contribution in [-0.2, 0) is 0 Å². The Morgan fingerprint density at radius 1 is 0.793 bits per heavy atom. The number of rotatable bonds is 3. The first kappa shape index (κ1) is 18.1. The van der Waals surface area contributed by atoms with E-state index in [-0.39, 0.29) is 30.0 Å². The van der Waals surface area contributed by atoms with Crippen LogP contribution < -0.4 is 10.4 Å². The van der Waals surface area contributed by atoms with Crippen LogP contribution in [0.25, 0.3) is 22.7 Å². The minimum absolute atomic E-state index is 0.139. The van der Waals surface area contributed by atoms with Crippen LogP contribution in [0.2, 0.25) is 0 Å². The largest absolute Gasteiger partial charge is 0.456 e. The van der Waals surface area contributed by atoms with Crippen molar-refractivity contribution >= 4 is 47.0 Å². The summed E-state index contributed by atoms with van der Waals surface area (Å²) in [7, 11) is 0. The molecule has 144 valence electrons. The van der Waals surface area contributed by atoms with Crippen molar-refractivity contribution in [3.8, 4) is 11.5 Å². The van der Waals surface area contributed by atoms with Gasteiger partial charge in [0.1, 0.15) is 11.5 Å². The van der Waals surface area contributed by atoms with Crippen LogP contribution in [0.1, 0.15) is 16.7 Å². The zero-order chi connectivity index (χ0) is 20.0. The number of hydrogen-bond acceptors (Lipinski definition) is 4. The standard InChI is InChI=1S/C21H12F2N2O2S2/c22-28-12-2-4-14-16(7-11-1-6-17-18(8-11)25-21(26)24-17)15-5-3-13(29-23)10-20(15)27-19(14)9-12/h1-10H,(H2,24,25,26). The quantitative estimate of drug-likeness (QED) is 0.346. The number of halogens is 2. The van der Waals surface area contributed by atoms with Crippen molar-refractivity contribution in [1.82, 2.24) is 9.97 Å². The minimum Gasteiger partial charge on any atom is -0.456 e. The molecule has 0 fully saturated rings. The van der Waals surface area contributed by atoms with Gasteiger partial charge in [-0.2, -0.15) is 7.77 Å². The molecular weight excluding hydrogens is 414 g/mol. The number of imidazole rings is 1. The summed E-state index contributed by atoms with van der Waals surface area (Å²) < 4.78 is 32.1. The molecule has 1 aliphatic heterocycles. The van der Waals surface area contributed by atoms with Crippen LogP contribution in [0.4, 0.5) is 7.77 Å². The van der Waals surface area contributed by atoms with Gasteiger partial charge >= 0.3 is 5.69 Å². The molecule has 4 nitrogen and oxygen atoms in total. The zero-order valence-corrected chi connectivity index (χ0v) is 16.3. The highest BCUT2D eigenvalue weighted by Crippen LogP contribution is 2.46. The van der Waals surface area contributed by atoms with Crippen LogP contribution in [0.3, 0.4) is 0 Å². The zero-order valence-electron chi connectivity index (χ0n) is 14.7. The second kappa shape index (κ2) is 7.13. The lowest BCUT2D eigenvalue weighted by Crippen LogP contribution is -2.02. The number of hydrogen-bond donors (Lipinski definition) is 2. The Morgan fingerprint density at radius 3 is 2.03 bits per heavy atom. The van der Waals surface area contributed by atoms with E-state index < -0.39 is 0 Å². The summed E-state index contributed by atoms with van der Waals surface area (Å²) in [5, 5.41) is 0. The normalized spacial score (nSPS) is 12.4. The third-order valence-corrected chi connectivity index (χ3v) is 5.60. The summed E-state index contributed by atoms with van der Waals surface area (Å²) in [5.41, 5.74) is 4.50. The van der Waals surface area contributed by atoms with Crippen molar-refractivity contribution in [2.24, 2.45) is 0 Å². The van der Waals surface area contributed by atoms with E-state index in [9.17, 15) is 12.6 Å². The number of fused-ring (bicyclic) bond motifs is 3. The smallest absolute Gasteiger partial charge is 0.323 e. The maximum absolute atomic E-state index is 13.1. The number of nitrogens with one attached hydrogen (secondary N) is 2. The summed E-state index contributed by atoms with van der Waals surface area (Å²) in [5.74, 6) is 1.01. The van der Waals surface area contributed by atoms with Gasteiger partial charge in [0.2, 0.25) is 0 Å². The predicted octanol–water partition coefficient (Wildman–Crippen LogP) is 6.50. The average Bonchev–Trinajstić information content (AvgIpc) is 3.11. The molecule has 0 bridgehead atoms. The van der Waals surface area contributed by atoms with Crippen molar-refractivity contribution in [3.05, 3.63) is 81.8 Å². The fourth-order valence-electron chi connectivity index (χ4n) is 3.44. The second-order valence-corrected chi connectivity index (χ2v) is 7.77. The number of aromatic amines is 2. The molecule has 0 saturated carbocycles. The lowest BCUT2D eigenvalue weighted by molar-refractivity contribution is 0.471. The van der Waals surface area contributed by atoms with Crippen molar-refractivity contribution in [2.75, 3.05) is 0 Å². The Kier molecular flexibility index (Phi) is 4.44. The molecule has 2 N–H and O–H groups in total. The predicted molar refractivity (Wildman–Crippen MR) is 113 cm³/mol. The topological polar surface area (TPSA) is 57.9 Å². The molecule has 0 aliphatic carbocycles. The van der Waals surface area contributed by atoms with Gasteiger partial charge in [0.05, 0.1) is 35.3 Å². The van der Waals surface area contributed by atoms with Crippen LogP contribution >= 0.6 is 24.3 Å². The lowest BCUT2D eigenvalue weighted by atomic mass is 9.92. The van der Waals surface area contributed by atoms with Crippen LogP contribution in [0, 0.1) is 0 Å². The van der Waals surface area contributed by atoms with E-state index in [1.54, 1.807) is 36.4 Å². The number of ether oxygens (including phenoxy) is 1. The Balaban J connectivity index is 1.71. The van der Waals surface area contributed by atoms with Gasteiger partial charge in [0.15, 0.2) is 0 Å². The fraction of sp³-hybridized carbons (Fsp3) is 0. The van der Waals surface area contributed by atoms with Crippen molar-refractivity contribution in [1.29, 1.82) is 0 Å². The molecule has 5 rings (SSSR count). The van der Waals surface area contributed by atoms with Gasteiger partial charge in [0.25, 0.3) is 0 Å². The number of aromatic nitrogens is 2. The summed E-state index contributed by atoms with van der Waals surface area (Å²) in [6.45, 7) is 0. The molecule has 3 aromatic carbocycles. The van der Waals surface area contributed by atoms with E-state index in [4.69, 9.17) is 4.74 Å². The van der Waals surface area contributed by atoms with Gasteiger partial charge in [-0.1, -0.05) is 6.07 Å². The van der Waals surface area contributed by atoms with Crippen LogP contribution in [-0.4, -0.2) is 9.97 Å². The lowest BCUT2D eigenvalue weighted by Gasteiger charge is -2.23. The molecule has 0 radical (unpaired) electrons. The molecule has 4 aromatic rings. The average molecular weight is 426 g/mol. The first-order valence-corrected chi connectivity index (χ1v) is 10.1. The van der Waals surface area contributed by atoms with Crippen molar-refractivity contribution in [2.45, 2.75) is 9.79 Å². The molecule has 0 spiro atoms. The van der Waals surface area contributed by atoms with E-state index in [1.807, 2.05) is 24.3 Å². The Labute approximate surface area is 172 Å². The first-order chi connectivity index (χ1) is 14.1. The van der Waals surface area contributed by atoms with E-state index in [0.717, 1.165) is 27.8 Å². The molecular formula is C21H12F2N2O2S2. The van der Waals surface area contributed by atoms with E-state index in [0.29, 0.717) is 26.8 Å². The summed E-state index contributed by atoms with van der Waals surface area (Å²) in [6.07, 6.45) is 1.97. The number of H-pyrrole nitrogens is 2. The Bertz CT molecular complexity index is 1290. The minimum atomic E-state index is -0.265. The molecule has 2 heterocycles. The van der Waals surface area contributed by atoms with E-state index >= 15 is 0 Å². The molecule has 0 unspecified atom stereocenters. The van der Waals surface area contributed by atoms with E-state index in [2.05, 4.69) is 9.97 Å². The maximum Gasteiger partial charge on any atom is 0.323 e. The molecule has 1 aromatic heterocycles. The van der Waals surface area contributed by atoms with E-state index in [1.165, 1.54) is 0 Å². The Morgan fingerprint density at radius 2 is 1.41 bits per heavy atom. The highest BCUT2D eigenvalue weighted by atomic mass is 32.2. The molecule has 0 saturated heterocycles. The van der Waals surface area contributed by atoms with Gasteiger partial charge < -0.3 is 14.7 Å². The highest BCUT2D eigenvalue weighted by Gasteiger charge is 2.23. The molecule has 29 heavy (non-hydrogen) atoms. The Hall–Kier alpha value is -2.97. The first-order valence-electron chi connectivity index (χ1n) is 8.62. The van der Waals surface area contributed by atoms with Gasteiger partial charge in [-0.25, -0.2) is 4.79 Å². The highest BCUT2D eigenvalue weighted by molar-refractivity contribution is 7.94. The SMILES string of the molecule is O=c1[nH]c2ccc(C=C3c4ccc(SF)cc4Oc4cc(SF)ccc43)cc2[nH]1. The van der Waals surface area contributed by atoms with Gasteiger partial charge in [-0.3, -0.25) is 0 Å². The number of benzene rings is 3. The summed E-state index contributed by atoms with van der Waals surface area (Å²) in [4.78, 5) is 17.8. The fourth-order valence-corrected chi connectivity index (χ4v) is 3.98. The molecule has 0 atom stereocenters. The van der Waals surface area contributed by atoms with Gasteiger partial charge in [-0.05, 0) is 65.7 Å². The molecule has 8 heteroatoms. The maximum atomic E-state index is 13.1.